The minimum atomic E-state index is -0.290. The summed E-state index contributed by atoms with van der Waals surface area (Å²) in [5.41, 5.74) is 9.55. The third-order valence-electron chi connectivity index (χ3n) is 4.26. The highest BCUT2D eigenvalue weighted by atomic mass is 16.2. The fraction of sp³-hybridized carbons (Fsp3) is 0.250. The summed E-state index contributed by atoms with van der Waals surface area (Å²) in [4.78, 5) is 12.3. The number of nitrogens with one attached hydrogen (secondary N) is 1. The molecular formula is C20H23N5O. The van der Waals surface area contributed by atoms with Crippen LogP contribution < -0.4 is 11.1 Å². The third kappa shape index (κ3) is 4.15. The van der Waals surface area contributed by atoms with Gasteiger partial charge in [-0.3, -0.25) is 4.79 Å². The molecule has 0 aliphatic rings. The van der Waals surface area contributed by atoms with E-state index in [1.807, 2.05) is 42.5 Å². The number of hydrogen-bond donors (Lipinski definition) is 2. The highest BCUT2D eigenvalue weighted by Crippen LogP contribution is 2.17. The summed E-state index contributed by atoms with van der Waals surface area (Å²) < 4.78 is 1.57. The fourth-order valence-electron chi connectivity index (χ4n) is 2.61. The minimum Gasteiger partial charge on any atom is -0.349 e. The molecule has 3 rings (SSSR count). The van der Waals surface area contributed by atoms with Crippen LogP contribution in [0.2, 0.25) is 0 Å². The van der Waals surface area contributed by atoms with Crippen molar-refractivity contribution in [1.29, 1.82) is 0 Å². The standard InChI is InChI=1S/C20H23N5O/c1-14(2)15-8-10-16(11-9-15)18(21)12-22-20(26)19-13-25(24-23-19)17-6-4-3-5-7-17/h3-11,13-14,18H,12,21H2,1-2H3,(H,22,26). The van der Waals surface area contributed by atoms with E-state index in [1.54, 1.807) is 10.9 Å². The molecule has 6 nitrogen and oxygen atoms in total. The normalized spacial score (nSPS) is 12.2. The molecule has 1 atom stereocenters. The topological polar surface area (TPSA) is 85.8 Å². The Hall–Kier alpha value is -2.99. The van der Waals surface area contributed by atoms with Crippen LogP contribution in [-0.4, -0.2) is 27.4 Å². The Bertz CT molecular complexity index is 855. The van der Waals surface area contributed by atoms with Gasteiger partial charge in [-0.15, -0.1) is 5.10 Å². The van der Waals surface area contributed by atoms with Crippen LogP contribution >= 0.6 is 0 Å². The third-order valence-corrected chi connectivity index (χ3v) is 4.26. The van der Waals surface area contributed by atoms with Gasteiger partial charge < -0.3 is 11.1 Å². The lowest BCUT2D eigenvalue weighted by molar-refractivity contribution is 0.0946. The van der Waals surface area contributed by atoms with Gasteiger partial charge in [0.15, 0.2) is 5.69 Å². The highest BCUT2D eigenvalue weighted by molar-refractivity contribution is 5.91. The quantitative estimate of drug-likeness (QED) is 0.716. The number of benzene rings is 2. The van der Waals surface area contributed by atoms with Gasteiger partial charge in [0.05, 0.1) is 11.9 Å². The van der Waals surface area contributed by atoms with Gasteiger partial charge in [0.25, 0.3) is 5.91 Å². The van der Waals surface area contributed by atoms with Crippen molar-refractivity contribution < 1.29 is 4.79 Å². The van der Waals surface area contributed by atoms with Crippen LogP contribution in [0.25, 0.3) is 5.69 Å². The van der Waals surface area contributed by atoms with Gasteiger partial charge in [-0.25, -0.2) is 4.68 Å². The first kappa shape index (κ1) is 17.8. The highest BCUT2D eigenvalue weighted by Gasteiger charge is 2.14. The molecule has 134 valence electrons. The van der Waals surface area contributed by atoms with E-state index in [0.29, 0.717) is 12.5 Å². The fourth-order valence-corrected chi connectivity index (χ4v) is 2.61. The number of nitrogens with two attached hydrogens (primary N) is 1. The van der Waals surface area contributed by atoms with Crippen molar-refractivity contribution in [2.75, 3.05) is 6.54 Å². The van der Waals surface area contributed by atoms with Crippen molar-refractivity contribution in [2.45, 2.75) is 25.8 Å². The molecule has 26 heavy (non-hydrogen) atoms. The van der Waals surface area contributed by atoms with Crippen molar-refractivity contribution in [3.63, 3.8) is 0 Å². The molecular weight excluding hydrogens is 326 g/mol. The number of aromatic nitrogens is 3. The molecule has 1 unspecified atom stereocenters. The van der Waals surface area contributed by atoms with Crippen molar-refractivity contribution in [3.05, 3.63) is 77.6 Å². The Morgan fingerprint density at radius 1 is 1.08 bits per heavy atom. The Balaban J connectivity index is 1.59. The van der Waals surface area contributed by atoms with Crippen LogP contribution in [0.15, 0.2) is 60.8 Å². The van der Waals surface area contributed by atoms with E-state index in [9.17, 15) is 4.79 Å². The minimum absolute atomic E-state index is 0.260. The first-order valence-corrected chi connectivity index (χ1v) is 8.66. The molecule has 0 aliphatic heterocycles. The predicted octanol–water partition coefficient (Wildman–Crippen LogP) is 2.82. The lowest BCUT2D eigenvalue weighted by atomic mass is 9.99. The number of amides is 1. The lowest BCUT2D eigenvalue weighted by Gasteiger charge is -2.14. The number of nitrogens with zero attached hydrogens (tertiary/aromatic N) is 3. The Morgan fingerprint density at radius 2 is 1.73 bits per heavy atom. The lowest BCUT2D eigenvalue weighted by Crippen LogP contribution is -2.32. The van der Waals surface area contributed by atoms with Crippen LogP contribution in [0.1, 0.15) is 47.4 Å². The van der Waals surface area contributed by atoms with Crippen LogP contribution in [0.4, 0.5) is 0 Å². The van der Waals surface area contributed by atoms with Crippen molar-refractivity contribution >= 4 is 5.91 Å². The molecule has 1 heterocycles. The molecule has 3 aromatic rings. The average molecular weight is 349 g/mol. The molecule has 0 aliphatic carbocycles. The molecule has 0 fully saturated rings. The second-order valence-electron chi connectivity index (χ2n) is 6.52. The summed E-state index contributed by atoms with van der Waals surface area (Å²) in [5.74, 6) is 0.189. The molecule has 0 saturated heterocycles. The molecule has 0 spiro atoms. The van der Waals surface area contributed by atoms with Crippen LogP contribution in [0, 0.1) is 0 Å². The van der Waals surface area contributed by atoms with Gasteiger partial charge in [0.1, 0.15) is 0 Å². The van der Waals surface area contributed by atoms with E-state index in [1.165, 1.54) is 5.56 Å². The monoisotopic (exact) mass is 349 g/mol. The van der Waals surface area contributed by atoms with Crippen molar-refractivity contribution in [1.82, 2.24) is 20.3 Å². The molecule has 0 radical (unpaired) electrons. The zero-order chi connectivity index (χ0) is 18.5. The summed E-state index contributed by atoms with van der Waals surface area (Å²) in [6.45, 7) is 4.63. The molecule has 6 heteroatoms. The van der Waals surface area contributed by atoms with E-state index >= 15 is 0 Å². The molecule has 0 bridgehead atoms. The Kier molecular flexibility index (Phi) is 5.43. The van der Waals surface area contributed by atoms with Gasteiger partial charge in [0.2, 0.25) is 0 Å². The zero-order valence-electron chi connectivity index (χ0n) is 15.0. The van der Waals surface area contributed by atoms with Gasteiger partial charge in [-0.2, -0.15) is 0 Å². The number of carbonyl (C=O) groups is 1. The molecule has 0 saturated carbocycles. The van der Waals surface area contributed by atoms with E-state index in [-0.39, 0.29) is 17.6 Å². The SMILES string of the molecule is CC(C)c1ccc(C(N)CNC(=O)c2cn(-c3ccccc3)nn2)cc1. The molecule has 1 amide bonds. The van der Waals surface area contributed by atoms with Crippen LogP contribution in [0.3, 0.4) is 0 Å². The second-order valence-corrected chi connectivity index (χ2v) is 6.52. The zero-order valence-corrected chi connectivity index (χ0v) is 15.0. The first-order chi connectivity index (χ1) is 12.5. The van der Waals surface area contributed by atoms with Crippen LogP contribution in [0.5, 0.6) is 0 Å². The van der Waals surface area contributed by atoms with E-state index in [0.717, 1.165) is 11.3 Å². The average Bonchev–Trinajstić information content (AvgIpc) is 3.17. The van der Waals surface area contributed by atoms with Gasteiger partial charge in [0, 0.05) is 12.6 Å². The van der Waals surface area contributed by atoms with E-state index < -0.39 is 0 Å². The largest absolute Gasteiger partial charge is 0.349 e. The number of carbonyl (C=O) groups excluding carboxylic acids is 1. The molecule has 1 aromatic heterocycles. The summed E-state index contributed by atoms with van der Waals surface area (Å²) in [6.07, 6.45) is 1.60. The summed E-state index contributed by atoms with van der Waals surface area (Å²) in [7, 11) is 0. The maximum atomic E-state index is 12.3. The first-order valence-electron chi connectivity index (χ1n) is 8.66. The van der Waals surface area contributed by atoms with Crippen molar-refractivity contribution in [2.24, 2.45) is 5.73 Å². The number of hydrogen-bond acceptors (Lipinski definition) is 4. The summed E-state index contributed by atoms with van der Waals surface area (Å²) >= 11 is 0. The maximum Gasteiger partial charge on any atom is 0.273 e. The Labute approximate surface area is 153 Å². The smallest absolute Gasteiger partial charge is 0.273 e. The Morgan fingerprint density at radius 3 is 2.38 bits per heavy atom. The van der Waals surface area contributed by atoms with Gasteiger partial charge >= 0.3 is 0 Å². The van der Waals surface area contributed by atoms with Gasteiger partial charge in [-0.1, -0.05) is 61.5 Å². The summed E-state index contributed by atoms with van der Waals surface area (Å²) in [6, 6.07) is 17.4. The second kappa shape index (κ2) is 7.93. The number of rotatable bonds is 6. The molecule has 3 N–H and O–H groups in total. The van der Waals surface area contributed by atoms with E-state index in [4.69, 9.17) is 5.73 Å². The van der Waals surface area contributed by atoms with E-state index in [2.05, 4.69) is 41.6 Å². The summed E-state index contributed by atoms with van der Waals surface area (Å²) in [5, 5.41) is 10.7. The number of para-hydroxylation sites is 1. The van der Waals surface area contributed by atoms with Crippen LogP contribution in [-0.2, 0) is 0 Å². The maximum absolute atomic E-state index is 12.3. The predicted molar refractivity (Wildman–Crippen MR) is 101 cm³/mol. The molecule has 2 aromatic carbocycles. The van der Waals surface area contributed by atoms with Crippen molar-refractivity contribution in [3.8, 4) is 5.69 Å². The van der Waals surface area contributed by atoms with Gasteiger partial charge in [-0.05, 0) is 29.2 Å².